The monoisotopic (exact) mass is 260 g/mol. The van der Waals surface area contributed by atoms with Gasteiger partial charge in [0.25, 0.3) is 0 Å². The maximum atomic E-state index is 12.8. The molecule has 0 bridgehead atoms. The van der Waals surface area contributed by atoms with Crippen LogP contribution in [0, 0.1) is 5.41 Å². The lowest BCUT2D eigenvalue weighted by atomic mass is 9.78. The van der Waals surface area contributed by atoms with E-state index in [9.17, 15) is 4.79 Å². The van der Waals surface area contributed by atoms with E-state index in [0.29, 0.717) is 0 Å². The summed E-state index contributed by atoms with van der Waals surface area (Å²) in [6, 6.07) is 7.77. The predicted molar refractivity (Wildman–Crippen MR) is 74.5 cm³/mol. The Morgan fingerprint density at radius 1 is 1.21 bits per heavy atom. The zero-order valence-electron chi connectivity index (χ0n) is 11.3. The van der Waals surface area contributed by atoms with Gasteiger partial charge in [0, 0.05) is 6.54 Å². The molecule has 2 fully saturated rings. The van der Waals surface area contributed by atoms with Gasteiger partial charge >= 0.3 is 0 Å². The third kappa shape index (κ3) is 2.00. The van der Waals surface area contributed by atoms with Gasteiger partial charge in [-0.15, -0.1) is 0 Å². The van der Waals surface area contributed by atoms with Crippen molar-refractivity contribution in [2.24, 2.45) is 5.41 Å². The number of methoxy groups -OCH3 is 1. The standard InChI is InChI=1S/C15H20N2O2/c1-19-13-5-3-2-4-12(13)17-11-8-15(14(17)18)6-9-16-10-7-15/h2-5,16H,6-11H2,1H3. The molecule has 2 aliphatic rings. The Morgan fingerprint density at radius 2 is 1.95 bits per heavy atom. The van der Waals surface area contributed by atoms with Gasteiger partial charge in [-0.1, -0.05) is 12.1 Å². The van der Waals surface area contributed by atoms with E-state index in [1.54, 1.807) is 7.11 Å². The average molecular weight is 260 g/mol. The van der Waals surface area contributed by atoms with Crippen molar-refractivity contribution in [1.29, 1.82) is 0 Å². The Morgan fingerprint density at radius 3 is 2.68 bits per heavy atom. The number of nitrogens with one attached hydrogen (secondary N) is 1. The quantitative estimate of drug-likeness (QED) is 0.881. The predicted octanol–water partition coefficient (Wildman–Crippen LogP) is 1.80. The van der Waals surface area contributed by atoms with Gasteiger partial charge in [0.1, 0.15) is 5.75 Å². The first-order valence-corrected chi connectivity index (χ1v) is 6.93. The molecule has 0 aliphatic carbocycles. The summed E-state index contributed by atoms with van der Waals surface area (Å²) in [5, 5.41) is 3.34. The highest BCUT2D eigenvalue weighted by molar-refractivity contribution is 6.01. The zero-order chi connectivity index (χ0) is 13.3. The molecular formula is C15H20N2O2. The summed E-state index contributed by atoms with van der Waals surface area (Å²) in [6.45, 7) is 2.70. The van der Waals surface area contributed by atoms with Crippen molar-refractivity contribution in [3.05, 3.63) is 24.3 Å². The van der Waals surface area contributed by atoms with Crippen molar-refractivity contribution in [2.45, 2.75) is 19.3 Å². The molecule has 0 saturated carbocycles. The van der Waals surface area contributed by atoms with Crippen LogP contribution in [0.4, 0.5) is 5.69 Å². The maximum Gasteiger partial charge on any atom is 0.233 e. The highest BCUT2D eigenvalue weighted by Crippen LogP contribution is 2.43. The van der Waals surface area contributed by atoms with Crippen LogP contribution in [0.3, 0.4) is 0 Å². The number of hydrogen-bond acceptors (Lipinski definition) is 3. The minimum Gasteiger partial charge on any atom is -0.495 e. The first-order valence-electron chi connectivity index (χ1n) is 6.93. The van der Waals surface area contributed by atoms with Crippen LogP contribution in [0.1, 0.15) is 19.3 Å². The van der Waals surface area contributed by atoms with E-state index in [1.165, 1.54) is 0 Å². The van der Waals surface area contributed by atoms with E-state index >= 15 is 0 Å². The molecule has 1 aromatic rings. The molecule has 2 heterocycles. The lowest BCUT2D eigenvalue weighted by Gasteiger charge is -2.32. The topological polar surface area (TPSA) is 41.6 Å². The van der Waals surface area contributed by atoms with Crippen LogP contribution in [0.15, 0.2) is 24.3 Å². The lowest BCUT2D eigenvalue weighted by molar-refractivity contribution is -0.126. The van der Waals surface area contributed by atoms with Crippen molar-refractivity contribution in [2.75, 3.05) is 31.6 Å². The van der Waals surface area contributed by atoms with E-state index in [0.717, 1.165) is 50.3 Å². The fourth-order valence-corrected chi connectivity index (χ4v) is 3.27. The average Bonchev–Trinajstić information content (AvgIpc) is 2.77. The Hall–Kier alpha value is -1.55. The minimum atomic E-state index is -0.133. The summed E-state index contributed by atoms with van der Waals surface area (Å²) in [5.74, 6) is 1.06. The van der Waals surface area contributed by atoms with Crippen molar-refractivity contribution < 1.29 is 9.53 Å². The van der Waals surface area contributed by atoms with Crippen LogP contribution in [-0.4, -0.2) is 32.7 Å². The molecule has 1 aromatic carbocycles. The summed E-state index contributed by atoms with van der Waals surface area (Å²) < 4.78 is 5.38. The summed E-state index contributed by atoms with van der Waals surface area (Å²) in [7, 11) is 1.65. The molecule has 102 valence electrons. The van der Waals surface area contributed by atoms with Gasteiger partial charge in [-0.2, -0.15) is 0 Å². The fraction of sp³-hybridized carbons (Fsp3) is 0.533. The number of hydrogen-bond donors (Lipinski definition) is 1. The van der Waals surface area contributed by atoms with E-state index in [2.05, 4.69) is 5.32 Å². The van der Waals surface area contributed by atoms with Gasteiger partial charge in [0.15, 0.2) is 0 Å². The number of carbonyl (C=O) groups excluding carboxylic acids is 1. The molecule has 0 atom stereocenters. The first kappa shape index (κ1) is 12.5. The number of anilines is 1. The first-order chi connectivity index (χ1) is 9.27. The SMILES string of the molecule is COc1ccccc1N1CCC2(CCNCC2)C1=O. The molecule has 0 radical (unpaired) electrons. The number of ether oxygens (including phenoxy) is 1. The van der Waals surface area contributed by atoms with Crippen molar-refractivity contribution in [3.8, 4) is 5.75 Å². The molecule has 4 heteroatoms. The normalized spacial score (nSPS) is 21.9. The lowest BCUT2D eigenvalue weighted by Crippen LogP contribution is -2.42. The highest BCUT2D eigenvalue weighted by Gasteiger charge is 2.47. The molecule has 3 rings (SSSR count). The van der Waals surface area contributed by atoms with Crippen LogP contribution in [0.2, 0.25) is 0 Å². The number of piperidine rings is 1. The second-order valence-corrected chi connectivity index (χ2v) is 5.41. The van der Waals surface area contributed by atoms with Gasteiger partial charge in [-0.3, -0.25) is 4.79 Å². The molecule has 1 N–H and O–H groups in total. The van der Waals surface area contributed by atoms with Crippen molar-refractivity contribution >= 4 is 11.6 Å². The molecule has 0 unspecified atom stereocenters. The molecule has 4 nitrogen and oxygen atoms in total. The third-order valence-corrected chi connectivity index (χ3v) is 4.45. The molecule has 1 spiro atoms. The number of nitrogens with zero attached hydrogens (tertiary/aromatic N) is 1. The largest absolute Gasteiger partial charge is 0.495 e. The number of amides is 1. The molecule has 2 saturated heterocycles. The number of rotatable bonds is 2. The Labute approximate surface area is 113 Å². The van der Waals surface area contributed by atoms with Gasteiger partial charge in [0.05, 0.1) is 18.2 Å². The molecular weight excluding hydrogens is 240 g/mol. The summed E-state index contributed by atoms with van der Waals surface area (Å²) in [5.41, 5.74) is 0.775. The Kier molecular flexibility index (Phi) is 3.19. The smallest absolute Gasteiger partial charge is 0.233 e. The number of para-hydroxylation sites is 2. The van der Waals surface area contributed by atoms with Crippen LogP contribution < -0.4 is 15.0 Å². The van der Waals surface area contributed by atoms with Crippen LogP contribution in [0.5, 0.6) is 5.75 Å². The molecule has 2 aliphatic heterocycles. The number of carbonyl (C=O) groups is 1. The second-order valence-electron chi connectivity index (χ2n) is 5.41. The van der Waals surface area contributed by atoms with E-state index in [-0.39, 0.29) is 11.3 Å². The molecule has 1 amide bonds. The van der Waals surface area contributed by atoms with Gasteiger partial charge < -0.3 is 15.0 Å². The van der Waals surface area contributed by atoms with E-state index in [1.807, 2.05) is 29.2 Å². The Balaban J connectivity index is 1.89. The third-order valence-electron chi connectivity index (χ3n) is 4.45. The molecule has 19 heavy (non-hydrogen) atoms. The zero-order valence-corrected chi connectivity index (χ0v) is 11.3. The van der Waals surface area contributed by atoms with Gasteiger partial charge in [0.2, 0.25) is 5.91 Å². The summed E-state index contributed by atoms with van der Waals surface area (Å²) >= 11 is 0. The summed E-state index contributed by atoms with van der Waals surface area (Å²) in [6.07, 6.45) is 2.88. The second kappa shape index (κ2) is 4.85. The fourth-order valence-electron chi connectivity index (χ4n) is 3.27. The van der Waals surface area contributed by atoms with Gasteiger partial charge in [-0.05, 0) is 44.5 Å². The van der Waals surface area contributed by atoms with Crippen molar-refractivity contribution in [3.63, 3.8) is 0 Å². The minimum absolute atomic E-state index is 0.133. The van der Waals surface area contributed by atoms with E-state index in [4.69, 9.17) is 4.74 Å². The highest BCUT2D eigenvalue weighted by atomic mass is 16.5. The molecule has 0 aromatic heterocycles. The van der Waals surface area contributed by atoms with Crippen molar-refractivity contribution in [1.82, 2.24) is 5.32 Å². The van der Waals surface area contributed by atoms with E-state index < -0.39 is 0 Å². The van der Waals surface area contributed by atoms with Crippen LogP contribution in [0.25, 0.3) is 0 Å². The summed E-state index contributed by atoms with van der Waals surface area (Å²) in [4.78, 5) is 14.7. The Bertz CT molecular complexity index is 481. The van der Waals surface area contributed by atoms with Crippen LogP contribution >= 0.6 is 0 Å². The maximum absolute atomic E-state index is 12.8. The van der Waals surface area contributed by atoms with Crippen LogP contribution in [-0.2, 0) is 4.79 Å². The van der Waals surface area contributed by atoms with Gasteiger partial charge in [-0.25, -0.2) is 0 Å². The number of benzene rings is 1.